The largest absolute Gasteiger partial charge is 0.456 e. The van der Waals surface area contributed by atoms with E-state index in [1.165, 1.54) is 44.5 Å². The van der Waals surface area contributed by atoms with Crippen LogP contribution in [0.5, 0.6) is 0 Å². The summed E-state index contributed by atoms with van der Waals surface area (Å²) in [5, 5.41) is 2.21. The van der Waals surface area contributed by atoms with E-state index in [1.54, 1.807) is 0 Å². The Morgan fingerprint density at radius 3 is 1.67 bits per heavy atom. The van der Waals surface area contributed by atoms with Gasteiger partial charge in [0.05, 0.1) is 11.1 Å². The van der Waals surface area contributed by atoms with Crippen molar-refractivity contribution in [3.05, 3.63) is 222 Å². The molecule has 1 aliphatic carbocycles. The van der Waals surface area contributed by atoms with Gasteiger partial charge in [0.1, 0.15) is 11.2 Å². The summed E-state index contributed by atoms with van der Waals surface area (Å²) in [6, 6.07) is 72.0. The van der Waals surface area contributed by atoms with Gasteiger partial charge in [-0.25, -0.2) is 0 Å². The fraction of sp³-hybridized carbons (Fsp3) is 0.0204. The zero-order valence-electron chi connectivity index (χ0n) is 27.9. The van der Waals surface area contributed by atoms with Crippen LogP contribution >= 0.6 is 0 Å². The first-order valence-electron chi connectivity index (χ1n) is 17.5. The van der Waals surface area contributed by atoms with Crippen molar-refractivity contribution < 1.29 is 4.42 Å². The number of rotatable bonds is 6. The molecule has 0 radical (unpaired) electrons. The molecule has 0 aliphatic heterocycles. The Balaban J connectivity index is 1.17. The van der Waals surface area contributed by atoms with Crippen LogP contribution in [-0.2, 0) is 5.41 Å². The minimum Gasteiger partial charge on any atom is -0.456 e. The highest BCUT2D eigenvalue weighted by Crippen LogP contribution is 2.56. The molecule has 0 atom stereocenters. The SMILES string of the molecule is c1ccc(-c2ccccc2N(c2ccccc2)c2ccc3c(c2)oc2ccc(C4(c5ccccc5)c5ccccc5-c5ccccc54)cc23)cc1. The van der Waals surface area contributed by atoms with Gasteiger partial charge in [-0.3, -0.25) is 0 Å². The van der Waals surface area contributed by atoms with Gasteiger partial charge in [-0.1, -0.05) is 152 Å². The molecule has 0 saturated carbocycles. The summed E-state index contributed by atoms with van der Waals surface area (Å²) in [7, 11) is 0. The van der Waals surface area contributed by atoms with E-state index in [-0.39, 0.29) is 0 Å². The van der Waals surface area contributed by atoms with E-state index >= 15 is 0 Å². The van der Waals surface area contributed by atoms with Gasteiger partial charge in [0.25, 0.3) is 0 Å². The predicted molar refractivity (Wildman–Crippen MR) is 211 cm³/mol. The summed E-state index contributed by atoms with van der Waals surface area (Å²) < 4.78 is 6.70. The second kappa shape index (κ2) is 11.8. The van der Waals surface area contributed by atoms with E-state index in [4.69, 9.17) is 4.42 Å². The molecule has 0 saturated heterocycles. The van der Waals surface area contributed by atoms with Gasteiger partial charge in [0, 0.05) is 33.8 Å². The lowest BCUT2D eigenvalue weighted by Gasteiger charge is -2.33. The number of para-hydroxylation sites is 2. The smallest absolute Gasteiger partial charge is 0.137 e. The van der Waals surface area contributed by atoms with Crippen molar-refractivity contribution in [2.24, 2.45) is 0 Å². The Labute approximate surface area is 297 Å². The molecule has 0 spiro atoms. The molecular weight excluding hydrogens is 619 g/mol. The third-order valence-corrected chi connectivity index (χ3v) is 10.5. The van der Waals surface area contributed by atoms with Gasteiger partial charge in [-0.05, 0) is 81.4 Å². The molecule has 0 unspecified atom stereocenters. The predicted octanol–water partition coefficient (Wildman–Crippen LogP) is 13.1. The van der Waals surface area contributed by atoms with Crippen molar-refractivity contribution in [2.45, 2.75) is 5.41 Å². The molecule has 0 amide bonds. The number of fused-ring (bicyclic) bond motifs is 6. The first-order chi connectivity index (χ1) is 25.3. The van der Waals surface area contributed by atoms with Crippen molar-refractivity contribution in [3.63, 3.8) is 0 Å². The van der Waals surface area contributed by atoms with E-state index < -0.39 is 5.41 Å². The maximum absolute atomic E-state index is 6.70. The van der Waals surface area contributed by atoms with Crippen LogP contribution < -0.4 is 4.90 Å². The van der Waals surface area contributed by atoms with Crippen molar-refractivity contribution >= 4 is 39.0 Å². The van der Waals surface area contributed by atoms with Crippen LogP contribution in [0.25, 0.3) is 44.2 Å². The summed E-state index contributed by atoms with van der Waals surface area (Å²) in [6.45, 7) is 0. The zero-order chi connectivity index (χ0) is 33.8. The molecule has 2 heteroatoms. The van der Waals surface area contributed by atoms with Crippen LogP contribution in [0, 0.1) is 0 Å². The minimum absolute atomic E-state index is 0.461. The lowest BCUT2D eigenvalue weighted by Crippen LogP contribution is -2.28. The fourth-order valence-electron chi connectivity index (χ4n) is 8.38. The van der Waals surface area contributed by atoms with Crippen LogP contribution in [0.4, 0.5) is 17.1 Å². The molecule has 240 valence electrons. The van der Waals surface area contributed by atoms with E-state index in [9.17, 15) is 0 Å². The molecule has 2 nitrogen and oxygen atoms in total. The number of benzene rings is 8. The van der Waals surface area contributed by atoms with Crippen molar-refractivity contribution in [2.75, 3.05) is 4.90 Å². The first-order valence-corrected chi connectivity index (χ1v) is 17.5. The number of hydrogen-bond acceptors (Lipinski definition) is 2. The van der Waals surface area contributed by atoms with Crippen LogP contribution in [-0.4, -0.2) is 0 Å². The summed E-state index contributed by atoms with van der Waals surface area (Å²) in [6.07, 6.45) is 0. The number of nitrogens with zero attached hydrogens (tertiary/aromatic N) is 1. The average molecular weight is 652 g/mol. The monoisotopic (exact) mass is 651 g/mol. The van der Waals surface area contributed by atoms with Crippen LogP contribution in [0.3, 0.4) is 0 Å². The Bertz CT molecular complexity index is 2650. The minimum atomic E-state index is -0.461. The van der Waals surface area contributed by atoms with Gasteiger partial charge in [0.2, 0.25) is 0 Å². The van der Waals surface area contributed by atoms with E-state index in [1.807, 2.05) is 0 Å². The second-order valence-electron chi connectivity index (χ2n) is 13.3. The Morgan fingerprint density at radius 2 is 0.961 bits per heavy atom. The summed E-state index contributed by atoms with van der Waals surface area (Å²) in [5.74, 6) is 0. The molecular formula is C49H33NO. The van der Waals surface area contributed by atoms with E-state index in [2.05, 4.69) is 205 Å². The number of furan rings is 1. The fourth-order valence-corrected chi connectivity index (χ4v) is 8.38. The van der Waals surface area contributed by atoms with Gasteiger partial charge < -0.3 is 9.32 Å². The maximum Gasteiger partial charge on any atom is 0.137 e. The van der Waals surface area contributed by atoms with E-state index in [0.717, 1.165) is 39.0 Å². The van der Waals surface area contributed by atoms with Crippen molar-refractivity contribution in [1.82, 2.24) is 0 Å². The molecule has 0 fully saturated rings. The lowest BCUT2D eigenvalue weighted by atomic mass is 9.67. The molecule has 8 aromatic carbocycles. The summed E-state index contributed by atoms with van der Waals surface area (Å²) >= 11 is 0. The maximum atomic E-state index is 6.70. The molecule has 1 heterocycles. The molecule has 0 bridgehead atoms. The molecule has 10 rings (SSSR count). The lowest BCUT2D eigenvalue weighted by molar-refractivity contribution is 0.668. The van der Waals surface area contributed by atoms with Gasteiger partial charge in [0.15, 0.2) is 0 Å². The third kappa shape index (κ3) is 4.50. The first kappa shape index (κ1) is 29.3. The molecule has 1 aromatic heterocycles. The highest BCUT2D eigenvalue weighted by molar-refractivity contribution is 6.07. The zero-order valence-corrected chi connectivity index (χ0v) is 27.9. The van der Waals surface area contributed by atoms with E-state index in [0.29, 0.717) is 0 Å². The summed E-state index contributed by atoms with van der Waals surface area (Å²) in [4.78, 5) is 2.33. The van der Waals surface area contributed by atoms with Crippen molar-refractivity contribution in [1.29, 1.82) is 0 Å². The molecule has 9 aromatic rings. The van der Waals surface area contributed by atoms with Crippen LogP contribution in [0.1, 0.15) is 22.3 Å². The Hall–Kier alpha value is -6.64. The quantitative estimate of drug-likeness (QED) is 0.178. The van der Waals surface area contributed by atoms with Gasteiger partial charge in [-0.2, -0.15) is 0 Å². The second-order valence-corrected chi connectivity index (χ2v) is 13.3. The number of anilines is 3. The highest BCUT2D eigenvalue weighted by atomic mass is 16.3. The number of hydrogen-bond donors (Lipinski definition) is 0. The van der Waals surface area contributed by atoms with Crippen LogP contribution in [0.2, 0.25) is 0 Å². The molecule has 51 heavy (non-hydrogen) atoms. The standard InChI is InChI=1S/C49H33NO/c1-4-16-34(17-5-1)39-22-12-15-27-46(39)50(37-20-8-3-9-21-37)38-29-30-42-43-32-36(28-31-47(43)51-48(42)33-38)49(35-18-6-2-7-19-35)44-25-13-10-23-40(44)41-24-11-14-26-45(41)49/h1-33H. The van der Waals surface area contributed by atoms with Crippen LogP contribution in [0.15, 0.2) is 205 Å². The topological polar surface area (TPSA) is 16.4 Å². The molecule has 0 N–H and O–H groups in total. The van der Waals surface area contributed by atoms with Gasteiger partial charge >= 0.3 is 0 Å². The highest BCUT2D eigenvalue weighted by Gasteiger charge is 2.46. The van der Waals surface area contributed by atoms with Gasteiger partial charge in [-0.15, -0.1) is 0 Å². The third-order valence-electron chi connectivity index (χ3n) is 10.5. The Morgan fingerprint density at radius 1 is 0.373 bits per heavy atom. The Kier molecular flexibility index (Phi) is 6.75. The van der Waals surface area contributed by atoms with Crippen molar-refractivity contribution in [3.8, 4) is 22.3 Å². The molecule has 1 aliphatic rings. The summed E-state index contributed by atoms with van der Waals surface area (Å²) in [5.41, 5.74) is 14.5. The normalized spacial score (nSPS) is 12.9. The average Bonchev–Trinajstić information content (AvgIpc) is 3.72.